The molecule has 130 valence electrons. The highest BCUT2D eigenvalue weighted by molar-refractivity contribution is 5.92. The molecule has 0 aliphatic heterocycles. The Morgan fingerprint density at radius 3 is 2.46 bits per heavy atom. The molecule has 0 bridgehead atoms. The highest BCUT2D eigenvalue weighted by Crippen LogP contribution is 2.32. The Bertz CT molecular complexity index is 1110. The van der Waals surface area contributed by atoms with Gasteiger partial charge in [0, 0.05) is 17.9 Å². The molecular weight excluding hydrogens is 328 g/mol. The Kier molecular flexibility index (Phi) is 3.80. The number of carbonyl (C=O) groups is 1. The van der Waals surface area contributed by atoms with Gasteiger partial charge < -0.3 is 4.42 Å². The number of furan rings is 1. The Hall–Kier alpha value is -3.41. The van der Waals surface area contributed by atoms with E-state index >= 15 is 0 Å². The van der Waals surface area contributed by atoms with Crippen LogP contribution >= 0.6 is 0 Å². The molecule has 0 unspecified atom stereocenters. The van der Waals surface area contributed by atoms with Crippen LogP contribution < -0.4 is 5.43 Å². The second-order valence-corrected chi connectivity index (χ2v) is 6.27. The van der Waals surface area contributed by atoms with Crippen LogP contribution in [0.25, 0.3) is 22.6 Å². The van der Waals surface area contributed by atoms with Crippen molar-refractivity contribution in [2.45, 2.75) is 20.8 Å². The fourth-order valence-corrected chi connectivity index (χ4v) is 2.91. The van der Waals surface area contributed by atoms with Gasteiger partial charge in [-0.1, -0.05) is 35.9 Å². The van der Waals surface area contributed by atoms with Crippen LogP contribution in [0.1, 0.15) is 28.7 Å². The van der Waals surface area contributed by atoms with Crippen molar-refractivity contribution in [2.24, 2.45) is 0 Å². The van der Waals surface area contributed by atoms with Crippen molar-refractivity contribution in [3.63, 3.8) is 0 Å². The van der Waals surface area contributed by atoms with Crippen LogP contribution in [0, 0.1) is 13.8 Å². The number of nitrogens with one attached hydrogen (secondary N) is 1. The van der Waals surface area contributed by atoms with Crippen molar-refractivity contribution in [2.75, 3.05) is 5.43 Å². The molecule has 0 amide bonds. The van der Waals surface area contributed by atoms with Gasteiger partial charge >= 0.3 is 0 Å². The van der Waals surface area contributed by atoms with Gasteiger partial charge in [-0.2, -0.15) is 0 Å². The van der Waals surface area contributed by atoms with Gasteiger partial charge in [0.15, 0.2) is 11.5 Å². The van der Waals surface area contributed by atoms with E-state index in [-0.39, 0.29) is 11.6 Å². The molecule has 4 rings (SSSR count). The van der Waals surface area contributed by atoms with E-state index in [2.05, 4.69) is 15.6 Å². The number of anilines is 1. The first kappa shape index (κ1) is 16.1. The zero-order valence-corrected chi connectivity index (χ0v) is 14.8. The van der Waals surface area contributed by atoms with Crippen LogP contribution in [0.2, 0.25) is 0 Å². The van der Waals surface area contributed by atoms with E-state index in [4.69, 9.17) is 4.42 Å². The van der Waals surface area contributed by atoms with Crippen LogP contribution in [0.5, 0.6) is 0 Å². The molecule has 0 aliphatic carbocycles. The average molecular weight is 346 g/mol. The summed E-state index contributed by atoms with van der Waals surface area (Å²) in [6.07, 6.45) is 0. The number of benzene rings is 2. The number of ketones is 1. The lowest BCUT2D eigenvalue weighted by atomic mass is 10.1. The zero-order chi connectivity index (χ0) is 18.3. The van der Waals surface area contributed by atoms with Crippen LogP contribution in [0.3, 0.4) is 0 Å². The number of para-hydroxylation sites is 1. The maximum atomic E-state index is 12.0. The first-order valence-electron chi connectivity index (χ1n) is 8.33. The Morgan fingerprint density at radius 2 is 1.77 bits per heavy atom. The summed E-state index contributed by atoms with van der Waals surface area (Å²) >= 11 is 0. The quantitative estimate of drug-likeness (QED) is 0.555. The molecule has 0 radical (unpaired) electrons. The second kappa shape index (κ2) is 6.15. The smallest absolute Gasteiger partial charge is 0.219 e. The summed E-state index contributed by atoms with van der Waals surface area (Å²) in [6.45, 7) is 5.46. The molecule has 6 nitrogen and oxygen atoms in total. The summed E-state index contributed by atoms with van der Waals surface area (Å²) in [7, 11) is 0. The van der Waals surface area contributed by atoms with Crippen LogP contribution in [0.4, 0.5) is 5.69 Å². The lowest BCUT2D eigenvalue weighted by Crippen LogP contribution is -2.17. The molecule has 26 heavy (non-hydrogen) atoms. The molecule has 2 aromatic heterocycles. The number of nitrogens with zero attached hydrogens (tertiary/aromatic N) is 3. The number of rotatable bonds is 4. The molecular formula is C20H18N4O2. The van der Waals surface area contributed by atoms with E-state index < -0.39 is 0 Å². The lowest BCUT2D eigenvalue weighted by molar-refractivity contribution is 0.100. The summed E-state index contributed by atoms with van der Waals surface area (Å²) in [6, 6.07) is 15.7. The van der Waals surface area contributed by atoms with E-state index in [0.29, 0.717) is 11.6 Å². The summed E-state index contributed by atoms with van der Waals surface area (Å²) in [5.41, 5.74) is 6.92. The summed E-state index contributed by atoms with van der Waals surface area (Å²) in [5.74, 6) is 1.09. The number of aryl methyl sites for hydroxylation is 2. The first-order valence-corrected chi connectivity index (χ1v) is 8.33. The number of aromatic nitrogens is 3. The second-order valence-electron chi connectivity index (χ2n) is 6.27. The standard InChI is InChI=1S/C20H18N4O2/c1-12-8-10-15(11-9-12)23-24-19(14(3)25)21-22-20(24)18-13(2)16-6-4-5-7-17(16)26-18/h4-11,23H,1-3H3. The Labute approximate surface area is 150 Å². The molecule has 0 fully saturated rings. The van der Waals surface area contributed by atoms with E-state index in [1.165, 1.54) is 6.92 Å². The highest BCUT2D eigenvalue weighted by atomic mass is 16.3. The molecule has 0 atom stereocenters. The third kappa shape index (κ3) is 2.65. The molecule has 4 aromatic rings. The van der Waals surface area contributed by atoms with E-state index in [0.717, 1.165) is 27.8 Å². The van der Waals surface area contributed by atoms with Crippen molar-refractivity contribution in [1.82, 2.24) is 14.9 Å². The van der Waals surface area contributed by atoms with Crippen molar-refractivity contribution in [1.29, 1.82) is 0 Å². The SMILES string of the molecule is CC(=O)c1nnc(-c2oc3ccccc3c2C)n1Nc1ccc(C)cc1. The van der Waals surface area contributed by atoms with Crippen LogP contribution in [-0.4, -0.2) is 20.7 Å². The number of carbonyl (C=O) groups excluding carboxylic acids is 1. The van der Waals surface area contributed by atoms with Gasteiger partial charge in [-0.15, -0.1) is 10.2 Å². The molecule has 2 heterocycles. The largest absolute Gasteiger partial charge is 0.452 e. The van der Waals surface area contributed by atoms with Gasteiger partial charge in [0.2, 0.25) is 11.6 Å². The van der Waals surface area contributed by atoms with Gasteiger partial charge in [-0.3, -0.25) is 10.2 Å². The van der Waals surface area contributed by atoms with E-state index in [1.54, 1.807) is 4.68 Å². The summed E-state index contributed by atoms with van der Waals surface area (Å²) in [5, 5.41) is 9.28. The normalized spacial score (nSPS) is 11.0. The maximum absolute atomic E-state index is 12.0. The molecule has 2 aromatic carbocycles. The third-order valence-corrected chi connectivity index (χ3v) is 4.32. The van der Waals surface area contributed by atoms with Crippen molar-refractivity contribution in [3.05, 3.63) is 65.5 Å². The molecule has 0 saturated carbocycles. The summed E-state index contributed by atoms with van der Waals surface area (Å²) in [4.78, 5) is 12.0. The van der Waals surface area contributed by atoms with Gasteiger partial charge in [0.05, 0.1) is 5.69 Å². The van der Waals surface area contributed by atoms with Crippen LogP contribution in [0.15, 0.2) is 52.9 Å². The topological polar surface area (TPSA) is 73.0 Å². The molecule has 0 saturated heterocycles. The minimum Gasteiger partial charge on any atom is -0.452 e. The predicted molar refractivity (Wildman–Crippen MR) is 100 cm³/mol. The Morgan fingerprint density at radius 1 is 1.04 bits per heavy atom. The zero-order valence-electron chi connectivity index (χ0n) is 14.8. The Balaban J connectivity index is 1.87. The van der Waals surface area contributed by atoms with Gasteiger partial charge in [-0.25, -0.2) is 4.68 Å². The molecule has 0 aliphatic rings. The fourth-order valence-electron chi connectivity index (χ4n) is 2.91. The highest BCUT2D eigenvalue weighted by Gasteiger charge is 2.22. The number of hydrogen-bond donors (Lipinski definition) is 1. The van der Waals surface area contributed by atoms with Crippen molar-refractivity contribution in [3.8, 4) is 11.6 Å². The predicted octanol–water partition coefficient (Wildman–Crippen LogP) is 4.39. The summed E-state index contributed by atoms with van der Waals surface area (Å²) < 4.78 is 7.58. The first-order chi connectivity index (χ1) is 12.5. The molecule has 0 spiro atoms. The van der Waals surface area contributed by atoms with E-state index in [1.807, 2.05) is 62.4 Å². The fraction of sp³-hybridized carbons (Fsp3) is 0.150. The van der Waals surface area contributed by atoms with Crippen molar-refractivity contribution >= 4 is 22.4 Å². The van der Waals surface area contributed by atoms with Crippen LogP contribution in [-0.2, 0) is 0 Å². The average Bonchev–Trinajstić information content (AvgIpc) is 3.18. The molecule has 1 N–H and O–H groups in total. The minimum absolute atomic E-state index is 0.183. The number of fused-ring (bicyclic) bond motifs is 1. The lowest BCUT2D eigenvalue weighted by Gasteiger charge is -2.11. The van der Waals surface area contributed by atoms with Crippen molar-refractivity contribution < 1.29 is 9.21 Å². The monoisotopic (exact) mass is 346 g/mol. The number of Topliss-reactive ketones (excluding diaryl/α,β-unsaturated/α-hetero) is 1. The van der Waals surface area contributed by atoms with E-state index in [9.17, 15) is 4.79 Å². The van der Waals surface area contributed by atoms with Gasteiger partial charge in [0.1, 0.15) is 5.58 Å². The van der Waals surface area contributed by atoms with Gasteiger partial charge in [0.25, 0.3) is 0 Å². The van der Waals surface area contributed by atoms with Gasteiger partial charge in [-0.05, 0) is 32.0 Å². The number of hydrogen-bond acceptors (Lipinski definition) is 5. The minimum atomic E-state index is -0.183. The maximum Gasteiger partial charge on any atom is 0.219 e. The molecule has 6 heteroatoms. The third-order valence-electron chi connectivity index (χ3n) is 4.32.